The molecule has 3 aromatic rings. The first-order valence-electron chi connectivity index (χ1n) is 9.79. The molecule has 0 aliphatic heterocycles. The lowest BCUT2D eigenvalue weighted by atomic mass is 10.0. The quantitative estimate of drug-likeness (QED) is 0.342. The topological polar surface area (TPSA) is 104 Å². The van der Waals surface area contributed by atoms with Crippen LogP contribution in [0.5, 0.6) is 5.75 Å². The molecule has 10 heteroatoms. The van der Waals surface area contributed by atoms with Gasteiger partial charge in [-0.1, -0.05) is 35.5 Å². The molecule has 0 spiro atoms. The monoisotopic (exact) mass is 475 g/mol. The molecule has 1 aromatic heterocycles. The summed E-state index contributed by atoms with van der Waals surface area (Å²) in [5, 5.41) is 11.7. The van der Waals surface area contributed by atoms with Gasteiger partial charge in [0.2, 0.25) is 11.8 Å². The zero-order valence-electron chi connectivity index (χ0n) is 17.5. The first-order chi connectivity index (χ1) is 15.5. The van der Waals surface area contributed by atoms with Gasteiger partial charge in [-0.2, -0.15) is 0 Å². The average Bonchev–Trinajstić information content (AvgIpc) is 3.27. The number of nitrogens with one attached hydrogen (secondary N) is 1. The van der Waals surface area contributed by atoms with Crippen LogP contribution in [0.2, 0.25) is 5.02 Å². The fraction of sp³-hybridized carbons (Fsp3) is 0.273. The van der Waals surface area contributed by atoms with E-state index in [-0.39, 0.29) is 29.9 Å². The predicted molar refractivity (Wildman–Crippen MR) is 121 cm³/mol. The van der Waals surface area contributed by atoms with Gasteiger partial charge in [-0.05, 0) is 48.9 Å². The van der Waals surface area contributed by atoms with Gasteiger partial charge in [0, 0.05) is 10.6 Å². The number of esters is 1. The second kappa shape index (κ2) is 11.5. The van der Waals surface area contributed by atoms with Crippen molar-refractivity contribution in [1.82, 2.24) is 15.5 Å². The van der Waals surface area contributed by atoms with E-state index in [0.717, 1.165) is 22.9 Å². The van der Waals surface area contributed by atoms with Crippen LogP contribution in [0.4, 0.5) is 0 Å². The summed E-state index contributed by atoms with van der Waals surface area (Å²) in [7, 11) is 1.55. The smallest absolute Gasteiger partial charge is 0.308 e. The van der Waals surface area contributed by atoms with Gasteiger partial charge < -0.3 is 19.2 Å². The van der Waals surface area contributed by atoms with Crippen LogP contribution >= 0.6 is 23.4 Å². The van der Waals surface area contributed by atoms with Crippen molar-refractivity contribution in [3.8, 4) is 17.2 Å². The summed E-state index contributed by atoms with van der Waals surface area (Å²) in [4.78, 5) is 24.6. The number of aromatic nitrogens is 2. The molecule has 0 aliphatic rings. The highest BCUT2D eigenvalue weighted by atomic mass is 35.5. The summed E-state index contributed by atoms with van der Waals surface area (Å²) in [5.41, 5.74) is 1.46. The molecule has 0 fully saturated rings. The van der Waals surface area contributed by atoms with Crippen LogP contribution in [-0.4, -0.2) is 41.5 Å². The molecule has 0 unspecified atom stereocenters. The molecular formula is C22H22ClN3O5S. The van der Waals surface area contributed by atoms with Gasteiger partial charge in [-0.3, -0.25) is 9.59 Å². The molecular weight excluding hydrogens is 454 g/mol. The number of nitrogens with zero attached hydrogens (tertiary/aromatic N) is 2. The number of hydrogen-bond donors (Lipinski definition) is 1. The molecule has 2 aromatic carbocycles. The fourth-order valence-corrected chi connectivity index (χ4v) is 3.54. The molecule has 1 amide bonds. The van der Waals surface area contributed by atoms with E-state index in [1.165, 1.54) is 0 Å². The van der Waals surface area contributed by atoms with Gasteiger partial charge in [0.1, 0.15) is 5.75 Å². The Bertz CT molecular complexity index is 1060. The van der Waals surface area contributed by atoms with E-state index in [1.54, 1.807) is 56.5 Å². The third-order valence-electron chi connectivity index (χ3n) is 4.33. The van der Waals surface area contributed by atoms with Crippen LogP contribution < -0.4 is 10.1 Å². The van der Waals surface area contributed by atoms with Crippen molar-refractivity contribution in [2.75, 3.05) is 19.5 Å². The third-order valence-corrected chi connectivity index (χ3v) is 5.40. The minimum atomic E-state index is -0.565. The first kappa shape index (κ1) is 23.6. The lowest BCUT2D eigenvalue weighted by Crippen LogP contribution is -2.32. The van der Waals surface area contributed by atoms with Gasteiger partial charge in [0.15, 0.2) is 0 Å². The number of amides is 1. The van der Waals surface area contributed by atoms with E-state index >= 15 is 0 Å². The number of benzene rings is 2. The zero-order chi connectivity index (χ0) is 22.9. The summed E-state index contributed by atoms with van der Waals surface area (Å²) >= 11 is 6.99. The van der Waals surface area contributed by atoms with Crippen molar-refractivity contribution in [2.45, 2.75) is 24.6 Å². The molecule has 3 rings (SSSR count). The Morgan fingerprint density at radius 2 is 1.97 bits per heavy atom. The molecule has 1 heterocycles. The minimum absolute atomic E-state index is 0.00130. The van der Waals surface area contributed by atoms with Crippen LogP contribution in [0.3, 0.4) is 0 Å². The third kappa shape index (κ3) is 6.73. The second-order valence-electron chi connectivity index (χ2n) is 6.57. The molecule has 0 bridgehead atoms. The van der Waals surface area contributed by atoms with Crippen molar-refractivity contribution >= 4 is 35.2 Å². The van der Waals surface area contributed by atoms with Crippen molar-refractivity contribution < 1.29 is 23.5 Å². The lowest BCUT2D eigenvalue weighted by Gasteiger charge is -2.19. The fourth-order valence-electron chi connectivity index (χ4n) is 2.84. The Hall–Kier alpha value is -3.04. The second-order valence-corrected chi connectivity index (χ2v) is 7.94. The largest absolute Gasteiger partial charge is 0.497 e. The number of hydrogen-bond acceptors (Lipinski definition) is 8. The minimum Gasteiger partial charge on any atom is -0.497 e. The molecule has 168 valence electrons. The van der Waals surface area contributed by atoms with Crippen molar-refractivity contribution in [1.29, 1.82) is 0 Å². The van der Waals surface area contributed by atoms with Crippen molar-refractivity contribution in [3.05, 3.63) is 59.1 Å². The van der Waals surface area contributed by atoms with Gasteiger partial charge in [0.05, 0.1) is 31.9 Å². The van der Waals surface area contributed by atoms with E-state index in [9.17, 15) is 9.59 Å². The molecule has 0 radical (unpaired) electrons. The summed E-state index contributed by atoms with van der Waals surface area (Å²) < 4.78 is 15.9. The summed E-state index contributed by atoms with van der Waals surface area (Å²) in [6.45, 7) is 2.00. The van der Waals surface area contributed by atoms with Gasteiger partial charge in [-0.25, -0.2) is 0 Å². The molecule has 1 atom stereocenters. The average molecular weight is 476 g/mol. The summed E-state index contributed by atoms with van der Waals surface area (Å²) in [6.07, 6.45) is -0.00130. The van der Waals surface area contributed by atoms with Crippen LogP contribution in [-0.2, 0) is 14.3 Å². The van der Waals surface area contributed by atoms with Gasteiger partial charge >= 0.3 is 5.97 Å². The molecule has 32 heavy (non-hydrogen) atoms. The van der Waals surface area contributed by atoms with Crippen LogP contribution in [0.1, 0.15) is 24.9 Å². The number of halogens is 1. The van der Waals surface area contributed by atoms with E-state index in [2.05, 4.69) is 15.5 Å². The summed E-state index contributed by atoms with van der Waals surface area (Å²) in [6, 6.07) is 13.6. The highest BCUT2D eigenvalue weighted by molar-refractivity contribution is 7.99. The number of methoxy groups -OCH3 is 1. The Balaban J connectivity index is 1.63. The molecule has 0 saturated heterocycles. The molecule has 8 nitrogen and oxygen atoms in total. The van der Waals surface area contributed by atoms with Crippen LogP contribution in [0, 0.1) is 0 Å². The predicted octanol–water partition coefficient (Wildman–Crippen LogP) is 4.30. The van der Waals surface area contributed by atoms with Crippen LogP contribution in [0.15, 0.2) is 58.2 Å². The Morgan fingerprint density at radius 1 is 1.19 bits per heavy atom. The molecule has 0 aliphatic carbocycles. The van der Waals surface area contributed by atoms with Crippen molar-refractivity contribution in [3.63, 3.8) is 0 Å². The van der Waals surface area contributed by atoms with Gasteiger partial charge in [-0.15, -0.1) is 10.2 Å². The highest BCUT2D eigenvalue weighted by Crippen LogP contribution is 2.25. The molecule has 0 saturated carbocycles. The zero-order valence-corrected chi connectivity index (χ0v) is 19.1. The Morgan fingerprint density at radius 3 is 2.69 bits per heavy atom. The number of carbonyl (C=O) groups excluding carboxylic acids is 2. The normalized spacial score (nSPS) is 11.6. The van der Waals surface area contributed by atoms with E-state index in [0.29, 0.717) is 16.7 Å². The Labute approximate surface area is 194 Å². The first-order valence-corrected chi connectivity index (χ1v) is 11.2. The highest BCUT2D eigenvalue weighted by Gasteiger charge is 2.21. The van der Waals surface area contributed by atoms with Crippen molar-refractivity contribution in [2.24, 2.45) is 0 Å². The Kier molecular flexibility index (Phi) is 8.52. The number of carbonyl (C=O) groups is 2. The maximum atomic E-state index is 12.6. The lowest BCUT2D eigenvalue weighted by molar-refractivity contribution is -0.143. The number of thioether (sulfide) groups is 1. The maximum Gasteiger partial charge on any atom is 0.308 e. The van der Waals surface area contributed by atoms with Crippen LogP contribution in [0.25, 0.3) is 11.5 Å². The summed E-state index contributed by atoms with van der Waals surface area (Å²) in [5.74, 6) is 0.295. The molecule has 1 N–H and O–H groups in total. The van der Waals surface area contributed by atoms with E-state index < -0.39 is 12.0 Å². The standard InChI is InChI=1S/C22H22ClN3O5S/c1-3-30-20(28)12-18(15-5-4-6-17(11-15)29-2)24-19(27)13-32-22-26-25-21(31-22)14-7-9-16(23)10-8-14/h4-11,18H,3,12-13H2,1-2H3,(H,24,27)/t18-/m1/s1. The SMILES string of the molecule is CCOC(=O)C[C@@H](NC(=O)CSc1nnc(-c2ccc(Cl)cc2)o1)c1cccc(OC)c1. The number of rotatable bonds is 10. The van der Waals surface area contributed by atoms with E-state index in [4.69, 9.17) is 25.5 Å². The maximum absolute atomic E-state index is 12.6. The van der Waals surface area contributed by atoms with E-state index in [1.807, 2.05) is 6.07 Å². The van der Waals surface area contributed by atoms with Gasteiger partial charge in [0.25, 0.3) is 5.22 Å². The number of ether oxygens (including phenoxy) is 2.